The van der Waals surface area contributed by atoms with Gasteiger partial charge in [-0.3, -0.25) is 14.4 Å². The van der Waals surface area contributed by atoms with Crippen molar-refractivity contribution in [3.05, 3.63) is 59.2 Å². The molecular formula is C20H21N3O3. The predicted octanol–water partition coefficient (Wildman–Crippen LogP) is 2.77. The lowest BCUT2D eigenvalue weighted by Gasteiger charge is -2.15. The lowest BCUT2D eigenvalue weighted by Crippen LogP contribution is -2.41. The van der Waals surface area contributed by atoms with Gasteiger partial charge in [0.05, 0.1) is 11.3 Å². The predicted molar refractivity (Wildman–Crippen MR) is 100 cm³/mol. The molecule has 0 aromatic heterocycles. The van der Waals surface area contributed by atoms with Crippen molar-refractivity contribution in [3.63, 3.8) is 0 Å². The molecule has 0 bridgehead atoms. The first-order valence-corrected chi connectivity index (χ1v) is 8.52. The number of carbonyl (C=O) groups excluding carboxylic acids is 3. The van der Waals surface area contributed by atoms with Gasteiger partial charge in [0.25, 0.3) is 5.91 Å². The Morgan fingerprint density at radius 2 is 1.85 bits per heavy atom. The van der Waals surface area contributed by atoms with Crippen LogP contribution in [0.5, 0.6) is 0 Å². The topological polar surface area (TPSA) is 87.3 Å². The van der Waals surface area contributed by atoms with Gasteiger partial charge < -0.3 is 16.0 Å². The average molecular weight is 351 g/mol. The molecule has 1 heterocycles. The molecule has 0 spiro atoms. The van der Waals surface area contributed by atoms with Crippen molar-refractivity contribution in [2.45, 2.75) is 32.7 Å². The van der Waals surface area contributed by atoms with E-state index in [0.29, 0.717) is 11.3 Å². The summed E-state index contributed by atoms with van der Waals surface area (Å²) >= 11 is 0. The maximum Gasteiger partial charge on any atom is 0.254 e. The van der Waals surface area contributed by atoms with Crippen molar-refractivity contribution in [2.24, 2.45) is 0 Å². The number of benzene rings is 2. The van der Waals surface area contributed by atoms with Crippen LogP contribution in [0.3, 0.4) is 0 Å². The molecule has 1 atom stereocenters. The Hall–Kier alpha value is -3.15. The van der Waals surface area contributed by atoms with Crippen molar-refractivity contribution < 1.29 is 14.4 Å². The third-order valence-corrected chi connectivity index (χ3v) is 4.59. The van der Waals surface area contributed by atoms with E-state index < -0.39 is 6.04 Å². The molecule has 1 aliphatic heterocycles. The molecule has 6 nitrogen and oxygen atoms in total. The first-order chi connectivity index (χ1) is 12.5. The van der Waals surface area contributed by atoms with Gasteiger partial charge in [0.1, 0.15) is 6.04 Å². The van der Waals surface area contributed by atoms with Crippen molar-refractivity contribution in [1.82, 2.24) is 5.32 Å². The van der Waals surface area contributed by atoms with E-state index in [0.717, 1.165) is 16.8 Å². The monoisotopic (exact) mass is 351 g/mol. The Kier molecular flexibility index (Phi) is 5.02. The van der Waals surface area contributed by atoms with Crippen LogP contribution in [0.25, 0.3) is 0 Å². The molecule has 2 aromatic carbocycles. The lowest BCUT2D eigenvalue weighted by atomic mass is 10.1. The molecule has 0 saturated heterocycles. The summed E-state index contributed by atoms with van der Waals surface area (Å²) < 4.78 is 0. The molecule has 3 N–H and O–H groups in total. The van der Waals surface area contributed by atoms with Gasteiger partial charge in [-0.25, -0.2) is 0 Å². The zero-order valence-electron chi connectivity index (χ0n) is 14.8. The van der Waals surface area contributed by atoms with Gasteiger partial charge in [-0.1, -0.05) is 24.3 Å². The number of nitrogens with one attached hydrogen (secondary N) is 3. The number of rotatable bonds is 4. The fourth-order valence-corrected chi connectivity index (χ4v) is 2.89. The molecule has 0 aliphatic carbocycles. The Balaban J connectivity index is 1.63. The summed E-state index contributed by atoms with van der Waals surface area (Å²) in [7, 11) is 0. The van der Waals surface area contributed by atoms with Gasteiger partial charge >= 0.3 is 0 Å². The number of carbonyl (C=O) groups is 3. The summed E-state index contributed by atoms with van der Waals surface area (Å²) in [5, 5.41) is 8.30. The van der Waals surface area contributed by atoms with Gasteiger partial charge in [0.15, 0.2) is 0 Å². The van der Waals surface area contributed by atoms with Crippen LogP contribution in [0.2, 0.25) is 0 Å². The first kappa shape index (κ1) is 17.7. The fourth-order valence-electron chi connectivity index (χ4n) is 2.89. The summed E-state index contributed by atoms with van der Waals surface area (Å²) in [6.45, 7) is 3.93. The Labute approximate surface area is 152 Å². The van der Waals surface area contributed by atoms with Gasteiger partial charge in [-0.15, -0.1) is 0 Å². The zero-order valence-corrected chi connectivity index (χ0v) is 14.8. The van der Waals surface area contributed by atoms with Crippen LogP contribution >= 0.6 is 0 Å². The summed E-state index contributed by atoms with van der Waals surface area (Å²) in [6, 6.07) is 11.8. The normalized spacial score (nSPS) is 16.2. The van der Waals surface area contributed by atoms with E-state index in [9.17, 15) is 14.4 Å². The largest absolute Gasteiger partial charge is 0.340 e. The number of hydrogen-bond acceptors (Lipinski definition) is 3. The molecule has 134 valence electrons. The van der Waals surface area contributed by atoms with Gasteiger partial charge in [-0.05, 0) is 49.6 Å². The van der Waals surface area contributed by atoms with E-state index in [1.165, 1.54) is 0 Å². The van der Waals surface area contributed by atoms with Crippen molar-refractivity contribution in [2.75, 3.05) is 10.6 Å². The number of para-hydroxylation sites is 1. The number of aryl methyl sites for hydroxylation is 1. The molecule has 0 fully saturated rings. The minimum atomic E-state index is -0.751. The smallest absolute Gasteiger partial charge is 0.254 e. The Bertz CT molecular complexity index is 876. The van der Waals surface area contributed by atoms with E-state index in [1.54, 1.807) is 24.3 Å². The van der Waals surface area contributed by atoms with E-state index in [-0.39, 0.29) is 30.6 Å². The van der Waals surface area contributed by atoms with Crippen molar-refractivity contribution in [3.8, 4) is 0 Å². The molecule has 0 unspecified atom stereocenters. The third kappa shape index (κ3) is 3.74. The standard InChI is InChI=1S/C20H21N3O3/c1-12-6-5-9-15(13(12)2)21-18(24)11-10-17-20(26)22-16-8-4-3-7-14(16)19(25)23-17/h3-9,17H,10-11H2,1-2H3,(H,21,24)(H,22,26)(H,23,25)/t17-/m0/s1. The quantitative estimate of drug-likeness (QED) is 0.791. The number of fused-ring (bicyclic) bond motifs is 1. The van der Waals surface area contributed by atoms with E-state index in [4.69, 9.17) is 0 Å². The highest BCUT2D eigenvalue weighted by Gasteiger charge is 2.27. The van der Waals surface area contributed by atoms with Crippen LogP contribution in [0, 0.1) is 13.8 Å². The van der Waals surface area contributed by atoms with E-state index in [1.807, 2.05) is 32.0 Å². The number of amides is 3. The van der Waals surface area contributed by atoms with Crippen LogP contribution in [0.4, 0.5) is 11.4 Å². The molecule has 1 aliphatic rings. The van der Waals surface area contributed by atoms with Gasteiger partial charge in [0.2, 0.25) is 11.8 Å². The van der Waals surface area contributed by atoms with Crippen molar-refractivity contribution >= 4 is 29.1 Å². The minimum absolute atomic E-state index is 0.127. The molecular weight excluding hydrogens is 330 g/mol. The maximum absolute atomic E-state index is 12.3. The van der Waals surface area contributed by atoms with Crippen LogP contribution in [-0.4, -0.2) is 23.8 Å². The van der Waals surface area contributed by atoms with Crippen LogP contribution in [0.1, 0.15) is 34.3 Å². The molecule has 3 rings (SSSR count). The number of hydrogen-bond donors (Lipinski definition) is 3. The van der Waals surface area contributed by atoms with Crippen molar-refractivity contribution in [1.29, 1.82) is 0 Å². The SMILES string of the molecule is Cc1cccc(NC(=O)CC[C@@H]2NC(=O)c3ccccc3NC2=O)c1C. The second-order valence-electron chi connectivity index (χ2n) is 6.40. The second kappa shape index (κ2) is 7.39. The number of anilines is 2. The van der Waals surface area contributed by atoms with Gasteiger partial charge in [0, 0.05) is 12.1 Å². The third-order valence-electron chi connectivity index (χ3n) is 4.59. The van der Waals surface area contributed by atoms with E-state index >= 15 is 0 Å². The minimum Gasteiger partial charge on any atom is -0.340 e. The van der Waals surface area contributed by atoms with Gasteiger partial charge in [-0.2, -0.15) is 0 Å². The first-order valence-electron chi connectivity index (χ1n) is 8.52. The summed E-state index contributed by atoms with van der Waals surface area (Å²) in [4.78, 5) is 36.9. The lowest BCUT2D eigenvalue weighted by molar-refractivity contribution is -0.118. The van der Waals surface area contributed by atoms with Crippen LogP contribution in [0.15, 0.2) is 42.5 Å². The molecule has 0 saturated carbocycles. The van der Waals surface area contributed by atoms with Crippen LogP contribution < -0.4 is 16.0 Å². The molecule has 3 amide bonds. The maximum atomic E-state index is 12.3. The zero-order chi connectivity index (χ0) is 18.7. The Morgan fingerprint density at radius 3 is 2.65 bits per heavy atom. The summed E-state index contributed by atoms with van der Waals surface area (Å²) in [5.74, 6) is -0.829. The molecule has 6 heteroatoms. The average Bonchev–Trinajstić information content (AvgIpc) is 2.74. The second-order valence-corrected chi connectivity index (χ2v) is 6.40. The molecule has 2 aromatic rings. The highest BCUT2D eigenvalue weighted by atomic mass is 16.2. The fraction of sp³-hybridized carbons (Fsp3) is 0.250. The van der Waals surface area contributed by atoms with E-state index in [2.05, 4.69) is 16.0 Å². The summed E-state index contributed by atoms with van der Waals surface area (Å²) in [5.41, 5.74) is 3.77. The highest BCUT2D eigenvalue weighted by molar-refractivity contribution is 6.10. The molecule has 0 radical (unpaired) electrons. The highest BCUT2D eigenvalue weighted by Crippen LogP contribution is 2.20. The summed E-state index contributed by atoms with van der Waals surface area (Å²) in [6.07, 6.45) is 0.352. The van der Waals surface area contributed by atoms with Crippen LogP contribution in [-0.2, 0) is 9.59 Å². The Morgan fingerprint density at radius 1 is 1.08 bits per heavy atom. The molecule has 26 heavy (non-hydrogen) atoms.